The monoisotopic (exact) mass is 529 g/mol. The molecule has 0 aromatic heterocycles. The fourth-order valence-corrected chi connectivity index (χ4v) is 5.03. The molecule has 0 saturated carbocycles. The van der Waals surface area contributed by atoms with Crippen molar-refractivity contribution in [2.24, 2.45) is 0 Å². The molecule has 5 rings (SSSR count). The largest absolute Gasteiger partial charge is 0.507 e. The third-order valence-electron chi connectivity index (χ3n) is 6.94. The van der Waals surface area contributed by atoms with Gasteiger partial charge in [-0.05, 0) is 72.0 Å². The maximum atomic E-state index is 13.5. The molecule has 0 bridgehead atoms. The molecule has 1 amide bonds. The molecule has 3 aromatic rings. The summed E-state index contributed by atoms with van der Waals surface area (Å²) >= 11 is 0. The van der Waals surface area contributed by atoms with E-state index in [2.05, 4.69) is 0 Å². The van der Waals surface area contributed by atoms with E-state index in [0.717, 1.165) is 16.9 Å². The first-order valence-electron chi connectivity index (χ1n) is 12.9. The van der Waals surface area contributed by atoms with Crippen molar-refractivity contribution >= 4 is 17.4 Å². The molecular weight excluding hydrogens is 498 g/mol. The van der Waals surface area contributed by atoms with Crippen LogP contribution in [0.25, 0.3) is 5.76 Å². The zero-order valence-electron chi connectivity index (χ0n) is 22.4. The van der Waals surface area contributed by atoms with E-state index in [4.69, 9.17) is 18.9 Å². The summed E-state index contributed by atoms with van der Waals surface area (Å²) in [5.74, 6) is 0.930. The SMILES string of the molecule is CCOc1ccc(/C(O)=C2\C(=O)C(=O)N(Cc3ccc4c(c3)OCO4)C2c2cccc(OC)c2)cc1C(C)C. The van der Waals surface area contributed by atoms with E-state index in [-0.39, 0.29) is 30.6 Å². The molecule has 1 unspecified atom stereocenters. The molecule has 0 spiro atoms. The summed E-state index contributed by atoms with van der Waals surface area (Å²) in [4.78, 5) is 28.5. The van der Waals surface area contributed by atoms with Gasteiger partial charge >= 0.3 is 0 Å². The quantitative estimate of drug-likeness (QED) is 0.232. The number of hydrogen-bond acceptors (Lipinski definition) is 7. The number of aliphatic hydroxyl groups excluding tert-OH is 1. The second-order valence-corrected chi connectivity index (χ2v) is 9.73. The number of methoxy groups -OCH3 is 1. The Hall–Kier alpha value is -4.46. The standard InChI is InChI=1S/C31H31NO7/c1-5-37-24-12-10-21(15-23(24)18(2)3)29(33)27-28(20-7-6-8-22(14-20)36-4)32(31(35)30(27)34)16-19-9-11-25-26(13-19)39-17-38-25/h6-15,18,28,33H,5,16-17H2,1-4H3/b29-27+. The molecule has 1 fully saturated rings. The first-order chi connectivity index (χ1) is 18.8. The summed E-state index contributed by atoms with van der Waals surface area (Å²) in [6.07, 6.45) is 0. The number of carbonyl (C=O) groups is 2. The number of ketones is 1. The molecule has 0 aliphatic carbocycles. The minimum absolute atomic E-state index is 0.0212. The summed E-state index contributed by atoms with van der Waals surface area (Å²) in [5.41, 5.74) is 2.76. The molecular formula is C31H31NO7. The molecule has 2 heterocycles. The highest BCUT2D eigenvalue weighted by atomic mass is 16.7. The number of amides is 1. The number of rotatable bonds is 8. The van der Waals surface area contributed by atoms with Crippen LogP contribution in [0, 0.1) is 0 Å². The molecule has 8 heteroatoms. The lowest BCUT2D eigenvalue weighted by atomic mass is 9.93. The second-order valence-electron chi connectivity index (χ2n) is 9.73. The lowest BCUT2D eigenvalue weighted by molar-refractivity contribution is -0.140. The normalized spacial score (nSPS) is 17.7. The predicted octanol–water partition coefficient (Wildman–Crippen LogP) is 5.57. The van der Waals surface area contributed by atoms with Crippen LogP contribution >= 0.6 is 0 Å². The van der Waals surface area contributed by atoms with Gasteiger partial charge in [0.2, 0.25) is 6.79 Å². The minimum Gasteiger partial charge on any atom is -0.507 e. The lowest BCUT2D eigenvalue weighted by Crippen LogP contribution is -2.29. The van der Waals surface area contributed by atoms with Crippen molar-refractivity contribution in [2.75, 3.05) is 20.5 Å². The third-order valence-corrected chi connectivity index (χ3v) is 6.94. The van der Waals surface area contributed by atoms with Crippen LogP contribution in [0.5, 0.6) is 23.0 Å². The number of fused-ring (bicyclic) bond motifs is 1. The molecule has 1 N–H and O–H groups in total. The first-order valence-corrected chi connectivity index (χ1v) is 12.9. The van der Waals surface area contributed by atoms with Gasteiger partial charge in [-0.15, -0.1) is 0 Å². The van der Waals surface area contributed by atoms with Crippen LogP contribution in [-0.4, -0.2) is 42.2 Å². The number of Topliss-reactive ketones (excluding diaryl/α,β-unsaturated/α-hetero) is 1. The Balaban J connectivity index is 1.63. The van der Waals surface area contributed by atoms with E-state index in [0.29, 0.717) is 35.0 Å². The maximum Gasteiger partial charge on any atom is 0.295 e. The lowest BCUT2D eigenvalue weighted by Gasteiger charge is -2.26. The number of ether oxygens (including phenoxy) is 4. The van der Waals surface area contributed by atoms with Crippen molar-refractivity contribution in [3.8, 4) is 23.0 Å². The Morgan fingerprint density at radius 3 is 2.59 bits per heavy atom. The average Bonchev–Trinajstić information content (AvgIpc) is 3.51. The van der Waals surface area contributed by atoms with Gasteiger partial charge < -0.3 is 29.0 Å². The summed E-state index contributed by atoms with van der Waals surface area (Å²) in [6, 6.07) is 17.1. The molecule has 2 aliphatic rings. The van der Waals surface area contributed by atoms with Crippen LogP contribution in [-0.2, 0) is 16.1 Å². The van der Waals surface area contributed by atoms with Crippen molar-refractivity contribution in [1.29, 1.82) is 0 Å². The fraction of sp³-hybridized carbons (Fsp3) is 0.290. The number of carbonyl (C=O) groups excluding carboxylic acids is 2. The smallest absolute Gasteiger partial charge is 0.295 e. The van der Waals surface area contributed by atoms with Gasteiger partial charge in [-0.25, -0.2) is 0 Å². The van der Waals surface area contributed by atoms with Gasteiger partial charge in [-0.2, -0.15) is 0 Å². The van der Waals surface area contributed by atoms with Gasteiger partial charge in [-0.3, -0.25) is 9.59 Å². The summed E-state index contributed by atoms with van der Waals surface area (Å²) in [6.45, 7) is 6.73. The zero-order chi connectivity index (χ0) is 27.7. The van der Waals surface area contributed by atoms with Crippen LogP contribution in [0.4, 0.5) is 0 Å². The Labute approximate surface area is 227 Å². The number of benzene rings is 3. The van der Waals surface area contributed by atoms with E-state index in [9.17, 15) is 14.7 Å². The van der Waals surface area contributed by atoms with Crippen molar-refractivity contribution in [1.82, 2.24) is 4.90 Å². The van der Waals surface area contributed by atoms with Gasteiger partial charge in [-0.1, -0.05) is 32.0 Å². The van der Waals surface area contributed by atoms with Gasteiger partial charge in [0.15, 0.2) is 11.5 Å². The molecule has 1 saturated heterocycles. The van der Waals surface area contributed by atoms with Crippen LogP contribution in [0.2, 0.25) is 0 Å². The number of aliphatic hydroxyl groups is 1. The van der Waals surface area contributed by atoms with Crippen molar-refractivity contribution < 1.29 is 33.6 Å². The molecule has 2 aliphatic heterocycles. The number of likely N-dealkylation sites (tertiary alicyclic amines) is 1. The van der Waals surface area contributed by atoms with Gasteiger partial charge in [0.05, 0.1) is 25.3 Å². The van der Waals surface area contributed by atoms with Gasteiger partial charge in [0, 0.05) is 12.1 Å². The molecule has 202 valence electrons. The van der Waals surface area contributed by atoms with E-state index < -0.39 is 17.7 Å². The van der Waals surface area contributed by atoms with E-state index in [1.54, 1.807) is 49.6 Å². The van der Waals surface area contributed by atoms with Crippen LogP contribution in [0.15, 0.2) is 66.2 Å². The fourth-order valence-electron chi connectivity index (χ4n) is 5.03. The van der Waals surface area contributed by atoms with E-state index in [1.165, 1.54) is 4.90 Å². The highest BCUT2D eigenvalue weighted by Crippen LogP contribution is 2.42. The summed E-state index contributed by atoms with van der Waals surface area (Å²) in [7, 11) is 1.55. The Kier molecular flexibility index (Phi) is 7.19. The Bertz CT molecular complexity index is 1460. The molecule has 8 nitrogen and oxygen atoms in total. The van der Waals surface area contributed by atoms with Crippen molar-refractivity contribution in [3.63, 3.8) is 0 Å². The van der Waals surface area contributed by atoms with Gasteiger partial charge in [0.25, 0.3) is 11.7 Å². The number of nitrogens with zero attached hydrogens (tertiary/aromatic N) is 1. The average molecular weight is 530 g/mol. The molecule has 1 atom stereocenters. The highest BCUT2D eigenvalue weighted by Gasteiger charge is 2.46. The van der Waals surface area contributed by atoms with Crippen molar-refractivity contribution in [3.05, 3.63) is 88.5 Å². The molecule has 39 heavy (non-hydrogen) atoms. The van der Waals surface area contributed by atoms with Crippen LogP contribution in [0.3, 0.4) is 0 Å². The second kappa shape index (κ2) is 10.7. The highest BCUT2D eigenvalue weighted by molar-refractivity contribution is 6.46. The molecule has 0 radical (unpaired) electrons. The van der Waals surface area contributed by atoms with Crippen LogP contribution in [0.1, 0.15) is 55.0 Å². The minimum atomic E-state index is -0.834. The van der Waals surface area contributed by atoms with E-state index >= 15 is 0 Å². The zero-order valence-corrected chi connectivity index (χ0v) is 22.4. The van der Waals surface area contributed by atoms with Crippen molar-refractivity contribution in [2.45, 2.75) is 39.3 Å². The Morgan fingerprint density at radius 2 is 1.85 bits per heavy atom. The molecule has 3 aromatic carbocycles. The van der Waals surface area contributed by atoms with Gasteiger partial charge in [0.1, 0.15) is 17.3 Å². The predicted molar refractivity (Wildman–Crippen MR) is 145 cm³/mol. The first kappa shape index (κ1) is 26.2. The number of hydrogen-bond donors (Lipinski definition) is 1. The van der Waals surface area contributed by atoms with E-state index in [1.807, 2.05) is 39.0 Å². The van der Waals surface area contributed by atoms with Crippen LogP contribution < -0.4 is 18.9 Å². The summed E-state index contributed by atoms with van der Waals surface area (Å²) < 4.78 is 22.1. The Morgan fingerprint density at radius 1 is 1.05 bits per heavy atom. The summed E-state index contributed by atoms with van der Waals surface area (Å²) in [5, 5.41) is 11.6. The third kappa shape index (κ3) is 4.90. The topological polar surface area (TPSA) is 94.5 Å². The maximum absolute atomic E-state index is 13.5.